The first kappa shape index (κ1) is 29.6. The fourth-order valence-electron chi connectivity index (χ4n) is 4.09. The van der Waals surface area contributed by atoms with Crippen LogP contribution in [0.3, 0.4) is 0 Å². The Bertz CT molecular complexity index is 1590. The van der Waals surface area contributed by atoms with Crippen molar-refractivity contribution in [2.75, 3.05) is 5.73 Å². The van der Waals surface area contributed by atoms with E-state index in [9.17, 15) is 32.3 Å². The van der Waals surface area contributed by atoms with Crippen molar-refractivity contribution in [1.29, 1.82) is 0 Å². The predicted molar refractivity (Wildman–Crippen MR) is 133 cm³/mol. The molecule has 5 N–H and O–H groups in total. The number of nitrogens with zero attached hydrogens (tertiary/aromatic N) is 6. The number of aliphatic carboxylic acids is 1. The number of carbonyl (C=O) groups excluding carboxylic acids is 4. The minimum Gasteiger partial charge on any atom is -0.475 e. The number of nitrogens with two attached hydrogens (primary N) is 1. The van der Waals surface area contributed by atoms with Gasteiger partial charge in [0.05, 0.1) is 11.9 Å². The molecule has 1 unspecified atom stereocenters. The van der Waals surface area contributed by atoms with Crippen molar-refractivity contribution in [2.24, 2.45) is 0 Å². The predicted octanol–water partition coefficient (Wildman–Crippen LogP) is 0.272. The van der Waals surface area contributed by atoms with E-state index in [1.54, 1.807) is 31.3 Å². The number of fused-ring (bicyclic) bond motifs is 1. The Balaban J connectivity index is 0.000000517. The summed E-state index contributed by atoms with van der Waals surface area (Å²) in [5.74, 6) is -3.49. The van der Waals surface area contributed by atoms with Gasteiger partial charge in [-0.05, 0) is 31.0 Å². The number of halogens is 3. The van der Waals surface area contributed by atoms with E-state index in [-0.39, 0.29) is 42.8 Å². The summed E-state index contributed by atoms with van der Waals surface area (Å²) < 4.78 is 33.1. The lowest BCUT2D eigenvalue weighted by Crippen LogP contribution is -2.52. The third-order valence-corrected chi connectivity index (χ3v) is 6.20. The monoisotopic (exact) mass is 589 g/mol. The van der Waals surface area contributed by atoms with Crippen LogP contribution in [-0.2, 0) is 27.5 Å². The van der Waals surface area contributed by atoms with E-state index in [0.29, 0.717) is 29.1 Å². The number of hydrogen-bond donors (Lipinski definition) is 4. The summed E-state index contributed by atoms with van der Waals surface area (Å²) in [7, 11) is 0. The van der Waals surface area contributed by atoms with Crippen LogP contribution in [0.5, 0.6) is 0 Å². The Kier molecular flexibility index (Phi) is 8.16. The molecule has 4 heterocycles. The van der Waals surface area contributed by atoms with Gasteiger partial charge in [0.15, 0.2) is 5.69 Å². The van der Waals surface area contributed by atoms with Crippen molar-refractivity contribution in [1.82, 2.24) is 40.5 Å². The maximum Gasteiger partial charge on any atom is 0.490 e. The fourth-order valence-corrected chi connectivity index (χ4v) is 4.09. The number of piperidine rings is 1. The van der Waals surface area contributed by atoms with Crippen molar-refractivity contribution in [3.63, 3.8) is 0 Å². The fraction of sp³-hybridized carbons (Fsp3) is 0.292. The minimum absolute atomic E-state index is 0.0774. The molecule has 2 aromatic heterocycles. The Morgan fingerprint density at radius 1 is 1.24 bits per heavy atom. The molecule has 2 aliphatic heterocycles. The topological polar surface area (TPSA) is 215 Å². The molecule has 1 fully saturated rings. The van der Waals surface area contributed by atoms with E-state index < -0.39 is 30.0 Å². The number of benzene rings is 1. The number of carbonyl (C=O) groups is 5. The molecule has 0 spiro atoms. The maximum atomic E-state index is 13.0. The highest BCUT2D eigenvalue weighted by atomic mass is 19.4. The number of aryl methyl sites for hydroxylation is 1. The Hall–Kier alpha value is -5.42. The molecule has 0 bridgehead atoms. The second kappa shape index (κ2) is 11.6. The molecule has 15 nitrogen and oxygen atoms in total. The highest BCUT2D eigenvalue weighted by molar-refractivity contribution is 6.05. The van der Waals surface area contributed by atoms with E-state index in [1.807, 2.05) is 0 Å². The van der Waals surface area contributed by atoms with Gasteiger partial charge in [-0.1, -0.05) is 11.3 Å². The number of aromatic nitrogens is 5. The number of nitrogen functional groups attached to an aromatic ring is 1. The minimum atomic E-state index is -5.08. The van der Waals surface area contributed by atoms with E-state index in [4.69, 9.17) is 15.6 Å². The number of carboxylic acid groups (broad SMARTS) is 1. The van der Waals surface area contributed by atoms with Gasteiger partial charge in [0.25, 0.3) is 11.8 Å². The second-order valence-corrected chi connectivity index (χ2v) is 9.10. The summed E-state index contributed by atoms with van der Waals surface area (Å²) in [6, 6.07) is 4.48. The van der Waals surface area contributed by atoms with Crippen LogP contribution in [0.1, 0.15) is 50.6 Å². The summed E-state index contributed by atoms with van der Waals surface area (Å²) in [5.41, 5.74) is 8.24. The number of anilines is 1. The maximum absolute atomic E-state index is 13.0. The van der Waals surface area contributed by atoms with Gasteiger partial charge in [-0.15, -0.1) is 5.10 Å². The van der Waals surface area contributed by atoms with Gasteiger partial charge in [0, 0.05) is 36.8 Å². The molecule has 1 saturated heterocycles. The molecular weight excluding hydrogens is 567 g/mol. The summed E-state index contributed by atoms with van der Waals surface area (Å²) in [5, 5.41) is 20.0. The zero-order chi connectivity index (χ0) is 30.8. The van der Waals surface area contributed by atoms with Gasteiger partial charge in [-0.25, -0.2) is 19.4 Å². The Morgan fingerprint density at radius 2 is 1.95 bits per heavy atom. The van der Waals surface area contributed by atoms with E-state index >= 15 is 0 Å². The molecule has 1 atom stereocenters. The molecule has 3 aromatic rings. The SMILES string of the molecule is Cc1ncc(CNC(=O)c2cn(-c3ccc4c(c3)C(=O)N(C3CCC(=O)NC3=O)C4)nn2)c(N)n1.O=C(O)C(F)(F)F. The average Bonchev–Trinajstić information content (AvgIpc) is 3.53. The van der Waals surface area contributed by atoms with Crippen molar-refractivity contribution in [3.05, 3.63) is 58.8 Å². The molecule has 0 saturated carbocycles. The Morgan fingerprint density at radius 3 is 2.60 bits per heavy atom. The zero-order valence-corrected chi connectivity index (χ0v) is 21.7. The standard InChI is InChI=1S/C22H21N9O4.C2HF3O2/c1-11-24-7-13(19(23)26-11)8-25-20(33)16-10-31(29-28-16)14-3-2-12-9-30(22(35)15(12)6-14)17-4-5-18(32)27-21(17)34;3-2(4,5)1(6)7/h2-3,6-7,10,17H,4-5,8-9H2,1H3,(H,25,33)(H2,23,24,26)(H,27,32,34);(H,6,7). The normalized spacial score (nSPS) is 16.3. The van der Waals surface area contributed by atoms with Crippen LogP contribution >= 0.6 is 0 Å². The molecule has 1 aromatic carbocycles. The van der Waals surface area contributed by atoms with Gasteiger partial charge in [-0.3, -0.25) is 24.5 Å². The van der Waals surface area contributed by atoms with Crippen LogP contribution in [0, 0.1) is 6.92 Å². The van der Waals surface area contributed by atoms with Gasteiger partial charge < -0.3 is 21.1 Å². The van der Waals surface area contributed by atoms with Crippen molar-refractivity contribution >= 4 is 35.4 Å². The van der Waals surface area contributed by atoms with Crippen LogP contribution in [0.15, 0.2) is 30.6 Å². The van der Waals surface area contributed by atoms with Crippen molar-refractivity contribution < 1.29 is 42.3 Å². The first-order valence-electron chi connectivity index (χ1n) is 12.1. The average molecular weight is 589 g/mol. The summed E-state index contributed by atoms with van der Waals surface area (Å²) in [4.78, 5) is 67.7. The molecule has 4 amide bonds. The first-order valence-corrected chi connectivity index (χ1v) is 12.1. The summed E-state index contributed by atoms with van der Waals surface area (Å²) in [6.07, 6.45) is -1.60. The first-order chi connectivity index (χ1) is 19.7. The molecule has 18 heteroatoms. The van der Waals surface area contributed by atoms with E-state index in [0.717, 1.165) is 5.56 Å². The van der Waals surface area contributed by atoms with Crippen LogP contribution < -0.4 is 16.4 Å². The number of imide groups is 1. The van der Waals surface area contributed by atoms with Crippen LogP contribution in [0.4, 0.5) is 19.0 Å². The van der Waals surface area contributed by atoms with Crippen LogP contribution in [0.25, 0.3) is 5.69 Å². The molecule has 0 aliphatic carbocycles. The van der Waals surface area contributed by atoms with E-state index in [2.05, 4.69) is 30.9 Å². The highest BCUT2D eigenvalue weighted by Gasteiger charge is 2.39. The number of alkyl halides is 3. The van der Waals surface area contributed by atoms with Crippen LogP contribution in [0.2, 0.25) is 0 Å². The number of carboxylic acids is 1. The van der Waals surface area contributed by atoms with Crippen LogP contribution in [-0.4, -0.2) is 76.8 Å². The lowest BCUT2D eigenvalue weighted by Gasteiger charge is -2.29. The lowest BCUT2D eigenvalue weighted by atomic mass is 10.0. The van der Waals surface area contributed by atoms with Crippen molar-refractivity contribution in [2.45, 2.75) is 45.1 Å². The molecule has 220 valence electrons. The zero-order valence-electron chi connectivity index (χ0n) is 21.7. The number of nitrogens with one attached hydrogen (secondary N) is 2. The summed E-state index contributed by atoms with van der Waals surface area (Å²) >= 11 is 0. The molecule has 42 heavy (non-hydrogen) atoms. The molecule has 5 rings (SSSR count). The highest BCUT2D eigenvalue weighted by Crippen LogP contribution is 2.29. The van der Waals surface area contributed by atoms with E-state index in [1.165, 1.54) is 15.8 Å². The number of rotatable bonds is 5. The number of amides is 4. The van der Waals surface area contributed by atoms with Gasteiger partial charge in [0.1, 0.15) is 17.7 Å². The Labute approximate surface area is 233 Å². The number of hydrogen-bond acceptors (Lipinski definition) is 10. The smallest absolute Gasteiger partial charge is 0.475 e. The largest absolute Gasteiger partial charge is 0.490 e. The molecule has 0 radical (unpaired) electrons. The van der Waals surface area contributed by atoms with Gasteiger partial charge in [0.2, 0.25) is 11.8 Å². The third kappa shape index (κ3) is 6.48. The van der Waals surface area contributed by atoms with Gasteiger partial charge >= 0.3 is 12.1 Å². The third-order valence-electron chi connectivity index (χ3n) is 6.20. The lowest BCUT2D eigenvalue weighted by molar-refractivity contribution is -0.192. The van der Waals surface area contributed by atoms with Gasteiger partial charge in [-0.2, -0.15) is 13.2 Å². The van der Waals surface area contributed by atoms with Crippen molar-refractivity contribution in [3.8, 4) is 5.69 Å². The summed E-state index contributed by atoms with van der Waals surface area (Å²) in [6.45, 7) is 2.12. The second-order valence-electron chi connectivity index (χ2n) is 9.10. The quantitative estimate of drug-likeness (QED) is 0.296. The molecule has 2 aliphatic rings. The molecular formula is C24H22F3N9O6.